The van der Waals surface area contributed by atoms with Gasteiger partial charge < -0.3 is 14.6 Å². The molecule has 1 aromatic rings. The number of phenols is 1. The molecule has 1 aliphatic heterocycles. The average molecular weight is 313 g/mol. The third-order valence-corrected chi connectivity index (χ3v) is 3.58. The summed E-state index contributed by atoms with van der Waals surface area (Å²) in [6.07, 6.45) is 0.333. The molecule has 1 heterocycles. The van der Waals surface area contributed by atoms with Crippen molar-refractivity contribution >= 4 is 23.2 Å². The van der Waals surface area contributed by atoms with Gasteiger partial charge in [-0.1, -0.05) is 18.5 Å². The van der Waals surface area contributed by atoms with Crippen molar-refractivity contribution in [3.05, 3.63) is 22.2 Å². The Morgan fingerprint density at radius 2 is 2.29 bits per heavy atom. The number of hydrogen-bond donors (Lipinski definition) is 2. The first-order valence-corrected chi connectivity index (χ1v) is 6.84. The van der Waals surface area contributed by atoms with Crippen LogP contribution in [0.1, 0.15) is 24.5 Å². The predicted octanol–water partition coefficient (Wildman–Crippen LogP) is 2.20. The van der Waals surface area contributed by atoms with Gasteiger partial charge in [0.25, 0.3) is 0 Å². The van der Waals surface area contributed by atoms with E-state index in [1.165, 1.54) is 7.11 Å². The zero-order chi connectivity index (χ0) is 15.6. The quantitative estimate of drug-likeness (QED) is 0.835. The molecule has 0 spiro atoms. The highest BCUT2D eigenvalue weighted by Gasteiger charge is 2.26. The first-order chi connectivity index (χ1) is 9.95. The summed E-state index contributed by atoms with van der Waals surface area (Å²) in [5.41, 5.74) is 4.25. The second-order valence-electron chi connectivity index (χ2n) is 4.90. The maximum atomic E-state index is 11.4. The van der Waals surface area contributed by atoms with E-state index in [9.17, 15) is 9.90 Å². The van der Waals surface area contributed by atoms with Crippen molar-refractivity contribution in [3.8, 4) is 11.5 Å². The van der Waals surface area contributed by atoms with Crippen LogP contribution in [0.15, 0.2) is 11.2 Å². The number of hydrogen-bond acceptors (Lipinski definition) is 5. The lowest BCUT2D eigenvalue weighted by Gasteiger charge is -2.23. The molecule has 0 aromatic heterocycles. The number of nitrogens with zero attached hydrogens (tertiary/aromatic N) is 1. The SMILES string of the molecule is COCOc1c(C2=NNC(=O)CC2C)cc(Cl)c(O)c1C. The largest absolute Gasteiger partial charge is 0.506 e. The van der Waals surface area contributed by atoms with Gasteiger partial charge in [-0.2, -0.15) is 5.10 Å². The molecule has 6 nitrogen and oxygen atoms in total. The summed E-state index contributed by atoms with van der Waals surface area (Å²) in [7, 11) is 1.51. The summed E-state index contributed by atoms with van der Waals surface area (Å²) in [4.78, 5) is 11.4. The van der Waals surface area contributed by atoms with Crippen molar-refractivity contribution in [1.82, 2.24) is 5.43 Å². The van der Waals surface area contributed by atoms with Gasteiger partial charge in [-0.25, -0.2) is 5.43 Å². The van der Waals surface area contributed by atoms with E-state index in [0.29, 0.717) is 29.0 Å². The lowest BCUT2D eigenvalue weighted by Crippen LogP contribution is -2.32. The molecular weight excluding hydrogens is 296 g/mol. The fraction of sp³-hybridized carbons (Fsp3) is 0.429. The zero-order valence-corrected chi connectivity index (χ0v) is 12.8. The highest BCUT2D eigenvalue weighted by Crippen LogP contribution is 2.39. The van der Waals surface area contributed by atoms with Crippen LogP contribution in [-0.2, 0) is 9.53 Å². The Kier molecular flexibility index (Phi) is 4.69. The molecular formula is C14H17ClN2O4. The number of carbonyl (C=O) groups is 1. The molecule has 0 saturated carbocycles. The van der Waals surface area contributed by atoms with E-state index in [4.69, 9.17) is 21.1 Å². The molecule has 21 heavy (non-hydrogen) atoms. The van der Waals surface area contributed by atoms with Gasteiger partial charge in [0, 0.05) is 30.6 Å². The lowest BCUT2D eigenvalue weighted by atomic mass is 9.92. The van der Waals surface area contributed by atoms with Crippen LogP contribution >= 0.6 is 11.6 Å². The Hall–Kier alpha value is -1.79. The second-order valence-corrected chi connectivity index (χ2v) is 5.30. The number of ether oxygens (including phenoxy) is 2. The minimum absolute atomic E-state index is 0.0307. The molecule has 1 atom stereocenters. The maximum Gasteiger partial charge on any atom is 0.240 e. The highest BCUT2D eigenvalue weighted by molar-refractivity contribution is 6.32. The van der Waals surface area contributed by atoms with Gasteiger partial charge in [-0.05, 0) is 13.0 Å². The van der Waals surface area contributed by atoms with Crippen molar-refractivity contribution in [2.75, 3.05) is 13.9 Å². The number of halogens is 1. The number of methoxy groups -OCH3 is 1. The summed E-state index contributed by atoms with van der Waals surface area (Å²) in [6, 6.07) is 1.59. The lowest BCUT2D eigenvalue weighted by molar-refractivity contribution is -0.121. The van der Waals surface area contributed by atoms with Crippen molar-refractivity contribution < 1.29 is 19.4 Å². The van der Waals surface area contributed by atoms with Gasteiger partial charge in [-0.15, -0.1) is 0 Å². The molecule has 0 saturated heterocycles. The van der Waals surface area contributed by atoms with Crippen molar-refractivity contribution in [2.45, 2.75) is 20.3 Å². The minimum atomic E-state index is -0.132. The van der Waals surface area contributed by atoms with E-state index < -0.39 is 0 Å². The standard InChI is InChI=1S/C14H17ClN2O4/c1-7-4-11(18)16-17-12(7)9-5-10(15)13(19)8(2)14(9)21-6-20-3/h5,7,19H,4,6H2,1-3H3,(H,16,18). The molecule has 2 rings (SSSR count). The number of amides is 1. The molecule has 7 heteroatoms. The number of hydrazone groups is 1. The third-order valence-electron chi connectivity index (χ3n) is 3.29. The second kappa shape index (κ2) is 6.32. The monoisotopic (exact) mass is 312 g/mol. The van der Waals surface area contributed by atoms with E-state index in [-0.39, 0.29) is 29.4 Å². The predicted molar refractivity (Wildman–Crippen MR) is 78.8 cm³/mol. The van der Waals surface area contributed by atoms with Crippen LogP contribution in [0.3, 0.4) is 0 Å². The average Bonchev–Trinajstić information content (AvgIpc) is 2.44. The molecule has 2 N–H and O–H groups in total. The number of benzene rings is 1. The molecule has 0 aliphatic carbocycles. The molecule has 1 amide bonds. The molecule has 0 bridgehead atoms. The molecule has 114 valence electrons. The third kappa shape index (κ3) is 3.11. The molecule has 1 unspecified atom stereocenters. The Morgan fingerprint density at radius 1 is 1.57 bits per heavy atom. The minimum Gasteiger partial charge on any atom is -0.506 e. The van der Waals surface area contributed by atoms with Crippen LogP contribution in [0.2, 0.25) is 5.02 Å². The van der Waals surface area contributed by atoms with Gasteiger partial charge in [-0.3, -0.25) is 4.79 Å². The molecule has 1 aliphatic rings. The van der Waals surface area contributed by atoms with Crippen molar-refractivity contribution in [1.29, 1.82) is 0 Å². The highest BCUT2D eigenvalue weighted by atomic mass is 35.5. The van der Waals surface area contributed by atoms with Crippen molar-refractivity contribution in [2.24, 2.45) is 11.0 Å². The van der Waals surface area contributed by atoms with E-state index in [1.807, 2.05) is 6.92 Å². The number of aromatic hydroxyl groups is 1. The first-order valence-electron chi connectivity index (χ1n) is 6.46. The Balaban J connectivity index is 2.53. The van der Waals surface area contributed by atoms with E-state index in [0.717, 1.165) is 0 Å². The number of phenolic OH excluding ortho intramolecular Hbond substituents is 1. The van der Waals surface area contributed by atoms with Crippen LogP contribution in [-0.4, -0.2) is 30.6 Å². The van der Waals surface area contributed by atoms with Gasteiger partial charge in [0.05, 0.1) is 10.7 Å². The van der Waals surface area contributed by atoms with Crippen molar-refractivity contribution in [3.63, 3.8) is 0 Å². The fourth-order valence-electron chi connectivity index (χ4n) is 2.22. The fourth-order valence-corrected chi connectivity index (χ4v) is 2.47. The molecule has 1 aromatic carbocycles. The summed E-state index contributed by atoms with van der Waals surface area (Å²) < 4.78 is 10.5. The Labute approximate surface area is 127 Å². The van der Waals surface area contributed by atoms with Crippen LogP contribution in [0.4, 0.5) is 0 Å². The van der Waals surface area contributed by atoms with Crippen LogP contribution in [0, 0.1) is 12.8 Å². The number of carbonyl (C=O) groups excluding carboxylic acids is 1. The van der Waals surface area contributed by atoms with E-state index >= 15 is 0 Å². The smallest absolute Gasteiger partial charge is 0.240 e. The Bertz CT molecular complexity index is 601. The summed E-state index contributed by atoms with van der Waals surface area (Å²) in [5.74, 6) is 0.191. The van der Waals surface area contributed by atoms with Gasteiger partial charge >= 0.3 is 0 Å². The van der Waals surface area contributed by atoms with E-state index in [1.54, 1.807) is 13.0 Å². The van der Waals surface area contributed by atoms with Crippen LogP contribution < -0.4 is 10.2 Å². The maximum absolute atomic E-state index is 11.4. The summed E-state index contributed by atoms with van der Waals surface area (Å²) in [5, 5.41) is 14.3. The summed E-state index contributed by atoms with van der Waals surface area (Å²) in [6.45, 7) is 3.62. The normalized spacial score (nSPS) is 18.2. The first kappa shape index (κ1) is 15.6. The number of rotatable bonds is 4. The Morgan fingerprint density at radius 3 is 2.90 bits per heavy atom. The van der Waals surface area contributed by atoms with Crippen LogP contribution in [0.25, 0.3) is 0 Å². The summed E-state index contributed by atoms with van der Waals surface area (Å²) >= 11 is 6.04. The topological polar surface area (TPSA) is 80.2 Å². The molecule has 0 radical (unpaired) electrons. The van der Waals surface area contributed by atoms with Gasteiger partial charge in [0.15, 0.2) is 6.79 Å². The van der Waals surface area contributed by atoms with Gasteiger partial charge in [0.1, 0.15) is 11.5 Å². The van der Waals surface area contributed by atoms with Crippen LogP contribution in [0.5, 0.6) is 11.5 Å². The van der Waals surface area contributed by atoms with E-state index in [2.05, 4.69) is 10.5 Å². The number of nitrogens with one attached hydrogen (secondary N) is 1. The zero-order valence-electron chi connectivity index (χ0n) is 12.1. The molecule has 0 fully saturated rings. The van der Waals surface area contributed by atoms with Gasteiger partial charge in [0.2, 0.25) is 5.91 Å².